The quantitative estimate of drug-likeness (QED) is 0.657. The van der Waals surface area contributed by atoms with E-state index in [0.717, 1.165) is 41.9 Å². The Kier molecular flexibility index (Phi) is 5.16. The van der Waals surface area contributed by atoms with Gasteiger partial charge >= 0.3 is 0 Å². The lowest BCUT2D eigenvalue weighted by Crippen LogP contribution is -2.39. The first-order chi connectivity index (χ1) is 13.2. The van der Waals surface area contributed by atoms with Crippen molar-refractivity contribution in [3.63, 3.8) is 0 Å². The summed E-state index contributed by atoms with van der Waals surface area (Å²) in [5.74, 6) is 0.275. The monoisotopic (exact) mass is 377 g/mol. The largest absolute Gasteiger partial charge is 0.338 e. The molecule has 5 heteroatoms. The predicted octanol–water partition coefficient (Wildman–Crippen LogP) is 4.82. The molecule has 0 spiro atoms. The van der Waals surface area contributed by atoms with Crippen LogP contribution in [0.3, 0.4) is 0 Å². The number of halogens is 1. The molecule has 136 valence electrons. The van der Waals surface area contributed by atoms with Crippen molar-refractivity contribution in [3.8, 4) is 11.3 Å². The van der Waals surface area contributed by atoms with Gasteiger partial charge in [0.05, 0.1) is 17.6 Å². The average Bonchev–Trinajstić information content (AvgIpc) is 2.74. The van der Waals surface area contributed by atoms with Crippen LogP contribution in [0.2, 0.25) is 5.02 Å². The van der Waals surface area contributed by atoms with Crippen molar-refractivity contribution in [1.82, 2.24) is 14.9 Å². The topological polar surface area (TPSA) is 46.1 Å². The molecule has 4 rings (SSSR count). The number of hydrogen-bond donors (Lipinski definition) is 0. The van der Waals surface area contributed by atoms with Crippen molar-refractivity contribution >= 4 is 17.5 Å². The molecule has 0 bridgehead atoms. The highest BCUT2D eigenvalue weighted by molar-refractivity contribution is 6.30. The predicted molar refractivity (Wildman–Crippen MR) is 107 cm³/mol. The summed E-state index contributed by atoms with van der Waals surface area (Å²) in [6.07, 6.45) is 5.54. The number of likely N-dealkylation sites (tertiary alicyclic amines) is 1. The van der Waals surface area contributed by atoms with Gasteiger partial charge in [0, 0.05) is 41.4 Å². The molecule has 4 nitrogen and oxygen atoms in total. The minimum atomic E-state index is 0.0826. The molecule has 2 aromatic carbocycles. The van der Waals surface area contributed by atoms with E-state index in [1.165, 1.54) is 0 Å². The molecule has 27 heavy (non-hydrogen) atoms. The molecule has 0 saturated carbocycles. The Labute approximate surface area is 163 Å². The smallest absolute Gasteiger partial charge is 0.253 e. The third-order valence-electron chi connectivity index (χ3n) is 4.92. The molecule has 1 amide bonds. The Bertz CT molecular complexity index is 945. The summed E-state index contributed by atoms with van der Waals surface area (Å²) in [5.41, 5.74) is 3.42. The van der Waals surface area contributed by atoms with Gasteiger partial charge in [-0.15, -0.1) is 0 Å². The number of carbonyl (C=O) groups excluding carboxylic acids is 1. The summed E-state index contributed by atoms with van der Waals surface area (Å²) < 4.78 is 0. The minimum Gasteiger partial charge on any atom is -0.338 e. The lowest BCUT2D eigenvalue weighted by molar-refractivity contribution is 0.0706. The van der Waals surface area contributed by atoms with E-state index in [0.29, 0.717) is 11.6 Å². The van der Waals surface area contributed by atoms with E-state index in [9.17, 15) is 4.79 Å². The van der Waals surface area contributed by atoms with E-state index in [4.69, 9.17) is 16.6 Å². The number of piperidine rings is 1. The van der Waals surface area contributed by atoms with Gasteiger partial charge in [0.2, 0.25) is 0 Å². The van der Waals surface area contributed by atoms with Crippen LogP contribution < -0.4 is 0 Å². The Morgan fingerprint density at radius 1 is 1.07 bits per heavy atom. The molecular formula is C22H20ClN3O. The first kappa shape index (κ1) is 17.7. The van der Waals surface area contributed by atoms with Crippen LogP contribution >= 0.6 is 11.6 Å². The summed E-state index contributed by atoms with van der Waals surface area (Å²) in [7, 11) is 0. The SMILES string of the molecule is O=C(c1ccccc1)N1CCC[C@H](c2cncc(-c3cccc(Cl)c3)n2)C1. The molecule has 0 N–H and O–H groups in total. The number of amides is 1. The third-order valence-corrected chi connectivity index (χ3v) is 5.16. The van der Waals surface area contributed by atoms with Crippen molar-refractivity contribution in [3.05, 3.63) is 83.3 Å². The number of aromatic nitrogens is 2. The molecule has 2 heterocycles. The second-order valence-electron chi connectivity index (χ2n) is 6.80. The fraction of sp³-hybridized carbons (Fsp3) is 0.227. The maximum absolute atomic E-state index is 12.8. The van der Waals surface area contributed by atoms with E-state index in [1.807, 2.05) is 65.7 Å². The molecule has 0 unspecified atom stereocenters. The van der Waals surface area contributed by atoms with Crippen LogP contribution in [0.15, 0.2) is 67.0 Å². The molecule has 1 aliphatic heterocycles. The lowest BCUT2D eigenvalue weighted by Gasteiger charge is -2.32. The van der Waals surface area contributed by atoms with Crippen LogP contribution in [-0.2, 0) is 0 Å². The summed E-state index contributed by atoms with van der Waals surface area (Å²) in [6, 6.07) is 17.1. The highest BCUT2D eigenvalue weighted by atomic mass is 35.5. The average molecular weight is 378 g/mol. The molecule has 3 aromatic rings. The first-order valence-corrected chi connectivity index (χ1v) is 9.51. The van der Waals surface area contributed by atoms with Gasteiger partial charge in [0.15, 0.2) is 0 Å². The normalized spacial score (nSPS) is 16.9. The van der Waals surface area contributed by atoms with Gasteiger partial charge < -0.3 is 4.90 Å². The number of hydrogen-bond acceptors (Lipinski definition) is 3. The highest BCUT2D eigenvalue weighted by Crippen LogP contribution is 2.28. The van der Waals surface area contributed by atoms with E-state index in [2.05, 4.69) is 4.98 Å². The lowest BCUT2D eigenvalue weighted by atomic mass is 9.94. The second kappa shape index (κ2) is 7.89. The molecule has 1 atom stereocenters. The number of benzene rings is 2. The molecule has 1 saturated heterocycles. The Morgan fingerprint density at radius 2 is 1.93 bits per heavy atom. The van der Waals surface area contributed by atoms with E-state index >= 15 is 0 Å². The summed E-state index contributed by atoms with van der Waals surface area (Å²) >= 11 is 6.10. The third kappa shape index (κ3) is 4.01. The summed E-state index contributed by atoms with van der Waals surface area (Å²) in [5, 5.41) is 0.678. The van der Waals surface area contributed by atoms with Crippen LogP contribution in [0.25, 0.3) is 11.3 Å². The maximum atomic E-state index is 12.8. The molecule has 1 fully saturated rings. The van der Waals surface area contributed by atoms with Crippen LogP contribution in [0.5, 0.6) is 0 Å². The zero-order valence-electron chi connectivity index (χ0n) is 14.9. The minimum absolute atomic E-state index is 0.0826. The molecule has 1 aliphatic rings. The first-order valence-electron chi connectivity index (χ1n) is 9.13. The summed E-state index contributed by atoms with van der Waals surface area (Å²) in [6.45, 7) is 1.45. The van der Waals surface area contributed by atoms with E-state index < -0.39 is 0 Å². The Balaban J connectivity index is 1.55. The van der Waals surface area contributed by atoms with Gasteiger partial charge in [-0.05, 0) is 37.1 Å². The van der Waals surface area contributed by atoms with E-state index in [-0.39, 0.29) is 11.8 Å². The van der Waals surface area contributed by atoms with Crippen molar-refractivity contribution in [2.75, 3.05) is 13.1 Å². The molecule has 0 radical (unpaired) electrons. The van der Waals surface area contributed by atoms with Gasteiger partial charge in [-0.1, -0.05) is 41.9 Å². The maximum Gasteiger partial charge on any atom is 0.253 e. The second-order valence-corrected chi connectivity index (χ2v) is 7.23. The van der Waals surface area contributed by atoms with Crippen molar-refractivity contribution < 1.29 is 4.79 Å². The standard InChI is InChI=1S/C22H20ClN3O/c23-19-10-4-8-17(12-19)20-13-24-14-21(25-20)18-9-5-11-26(15-18)22(27)16-6-2-1-3-7-16/h1-4,6-8,10,12-14,18H,5,9,11,15H2/t18-/m0/s1. The zero-order chi connectivity index (χ0) is 18.6. The van der Waals surface area contributed by atoms with Crippen LogP contribution in [0.4, 0.5) is 0 Å². The van der Waals surface area contributed by atoms with Gasteiger partial charge in [-0.2, -0.15) is 0 Å². The van der Waals surface area contributed by atoms with Crippen LogP contribution in [0.1, 0.15) is 34.8 Å². The zero-order valence-corrected chi connectivity index (χ0v) is 15.6. The van der Waals surface area contributed by atoms with Crippen LogP contribution in [0, 0.1) is 0 Å². The number of rotatable bonds is 3. The van der Waals surface area contributed by atoms with Crippen LogP contribution in [-0.4, -0.2) is 33.9 Å². The van der Waals surface area contributed by atoms with Gasteiger partial charge in [-0.3, -0.25) is 9.78 Å². The Hall–Kier alpha value is -2.72. The number of carbonyl (C=O) groups is 1. The Morgan fingerprint density at radius 3 is 2.74 bits per heavy atom. The fourth-order valence-electron chi connectivity index (χ4n) is 3.53. The fourth-order valence-corrected chi connectivity index (χ4v) is 3.72. The highest BCUT2D eigenvalue weighted by Gasteiger charge is 2.26. The van der Waals surface area contributed by atoms with Gasteiger partial charge in [-0.25, -0.2) is 4.98 Å². The van der Waals surface area contributed by atoms with Crippen molar-refractivity contribution in [2.45, 2.75) is 18.8 Å². The van der Waals surface area contributed by atoms with E-state index in [1.54, 1.807) is 6.20 Å². The summed E-state index contributed by atoms with van der Waals surface area (Å²) in [4.78, 5) is 23.9. The van der Waals surface area contributed by atoms with Gasteiger partial charge in [0.25, 0.3) is 5.91 Å². The van der Waals surface area contributed by atoms with Gasteiger partial charge in [0.1, 0.15) is 0 Å². The molecular weight excluding hydrogens is 358 g/mol. The van der Waals surface area contributed by atoms with Crippen molar-refractivity contribution in [2.24, 2.45) is 0 Å². The molecule has 1 aromatic heterocycles. The number of nitrogens with zero attached hydrogens (tertiary/aromatic N) is 3. The van der Waals surface area contributed by atoms with Crippen molar-refractivity contribution in [1.29, 1.82) is 0 Å². The molecule has 0 aliphatic carbocycles.